The first-order valence-corrected chi connectivity index (χ1v) is 10.9. The van der Waals surface area contributed by atoms with Gasteiger partial charge in [-0.3, -0.25) is 9.46 Å². The molecule has 0 aliphatic rings. The third-order valence-electron chi connectivity index (χ3n) is 2.46. The van der Waals surface area contributed by atoms with E-state index in [4.69, 9.17) is 24.0 Å². The van der Waals surface area contributed by atoms with Crippen molar-refractivity contribution in [2.75, 3.05) is 26.0 Å². The summed E-state index contributed by atoms with van der Waals surface area (Å²) in [7, 11) is 1.19. The minimum absolute atomic E-state index is 0.345. The van der Waals surface area contributed by atoms with Crippen LogP contribution in [-0.4, -0.2) is 52.2 Å². The van der Waals surface area contributed by atoms with Gasteiger partial charge < -0.3 is 9.41 Å². The van der Waals surface area contributed by atoms with Gasteiger partial charge in [0.2, 0.25) is 0 Å². The molecule has 0 bridgehead atoms. The van der Waals surface area contributed by atoms with Crippen molar-refractivity contribution in [2.24, 2.45) is 0 Å². The summed E-state index contributed by atoms with van der Waals surface area (Å²) in [6, 6.07) is 0. The molecule has 9 heteroatoms. The van der Waals surface area contributed by atoms with Gasteiger partial charge in [0.15, 0.2) is 5.54 Å². The van der Waals surface area contributed by atoms with Gasteiger partial charge in [-0.1, -0.05) is 30.5 Å². The molecular formula is C11H21N2O3PS3. The fourth-order valence-electron chi connectivity index (χ4n) is 1.65. The third-order valence-corrected chi connectivity index (χ3v) is 10.8. The summed E-state index contributed by atoms with van der Waals surface area (Å²) in [5.41, 5.74) is -2.49. The highest BCUT2D eigenvalue weighted by atomic mass is 32.9. The Morgan fingerprint density at radius 2 is 1.70 bits per heavy atom. The summed E-state index contributed by atoms with van der Waals surface area (Å²) in [6.07, 6.45) is 0. The van der Waals surface area contributed by atoms with Crippen molar-refractivity contribution in [3.05, 3.63) is 0 Å². The lowest BCUT2D eigenvalue weighted by Gasteiger charge is -2.41. The number of hydrogen-bond donors (Lipinski definition) is 0. The largest absolute Gasteiger partial charge is 0.462 e. The zero-order chi connectivity index (χ0) is 15.9. The second-order valence-corrected chi connectivity index (χ2v) is 11.6. The van der Waals surface area contributed by atoms with Crippen molar-refractivity contribution < 1.29 is 14.3 Å². The fraction of sp³-hybridized carbons (Fsp3) is 0.727. The number of ether oxygens (including phenoxy) is 1. The van der Waals surface area contributed by atoms with E-state index in [0.717, 1.165) is 5.75 Å². The molecular weight excluding hydrogens is 335 g/mol. The van der Waals surface area contributed by atoms with Crippen LogP contribution < -0.4 is 0 Å². The minimum Gasteiger partial charge on any atom is -0.462 e. The molecule has 1 atom stereocenters. The highest BCUT2D eigenvalue weighted by molar-refractivity contribution is 8.69. The van der Waals surface area contributed by atoms with Crippen LogP contribution in [0, 0.1) is 0 Å². The second kappa shape index (κ2) is 8.97. The molecule has 0 fully saturated rings. The molecule has 0 heterocycles. The van der Waals surface area contributed by atoms with Crippen molar-refractivity contribution in [1.29, 1.82) is 0 Å². The number of nitrogens with zero attached hydrogens (tertiary/aromatic N) is 2. The fourth-order valence-corrected chi connectivity index (χ4v) is 10.1. The zero-order valence-corrected chi connectivity index (χ0v) is 15.8. The van der Waals surface area contributed by atoms with E-state index in [9.17, 15) is 9.59 Å². The van der Waals surface area contributed by atoms with Gasteiger partial charge >= 0.3 is 11.9 Å². The lowest BCUT2D eigenvalue weighted by atomic mass is 10.6. The molecule has 20 heavy (non-hydrogen) atoms. The van der Waals surface area contributed by atoms with Crippen LogP contribution in [0.3, 0.4) is 0 Å². The van der Waals surface area contributed by atoms with Gasteiger partial charge in [-0.15, -0.1) is 0 Å². The van der Waals surface area contributed by atoms with Crippen molar-refractivity contribution in [3.63, 3.8) is 0 Å². The second-order valence-electron chi connectivity index (χ2n) is 3.66. The van der Waals surface area contributed by atoms with Gasteiger partial charge in [0.1, 0.15) is 0 Å². The smallest absolute Gasteiger partial charge is 0.397 e. The van der Waals surface area contributed by atoms with Crippen LogP contribution in [0.4, 0.5) is 0 Å². The molecule has 0 aromatic rings. The molecule has 0 radical (unpaired) electrons. The van der Waals surface area contributed by atoms with Crippen LogP contribution in [0.15, 0.2) is 0 Å². The quantitative estimate of drug-likeness (QED) is 0.314. The number of hydrogen-bond acceptors (Lipinski definition) is 6. The Morgan fingerprint density at radius 1 is 1.20 bits per heavy atom. The van der Waals surface area contributed by atoms with Gasteiger partial charge in [0, 0.05) is 13.1 Å². The Kier molecular flexibility index (Phi) is 8.90. The van der Waals surface area contributed by atoms with Gasteiger partial charge in [-0.05, 0) is 38.3 Å². The number of thiocarbonyl (C=S) groups is 1. The maximum atomic E-state index is 12.2. The Balaban J connectivity index is 5.72. The number of carbonyl (C=O) groups is 2. The Morgan fingerprint density at radius 3 is 2.00 bits per heavy atom. The predicted molar refractivity (Wildman–Crippen MR) is 92.5 cm³/mol. The Hall–Kier alpha value is -0.170. The number of rotatable bonds is 6. The van der Waals surface area contributed by atoms with Crippen molar-refractivity contribution in [3.8, 4) is 0 Å². The molecule has 1 unspecified atom stereocenters. The molecule has 116 valence electrons. The standard InChI is InChI=1S/C11H21N2O3PS3/c1-6-12(9(4)18)17(19,20-8-3)13(7-2)10(14)11(15)16-5/h6-8H2,1-5H3. The molecule has 0 rings (SSSR count). The summed E-state index contributed by atoms with van der Waals surface area (Å²) in [5.74, 6) is -0.855. The van der Waals surface area contributed by atoms with Crippen LogP contribution >= 0.6 is 29.1 Å². The topological polar surface area (TPSA) is 49.9 Å². The lowest BCUT2D eigenvalue weighted by molar-refractivity contribution is -0.155. The summed E-state index contributed by atoms with van der Waals surface area (Å²) in [4.78, 5) is 24.4. The molecule has 0 aromatic carbocycles. The number of likely N-dealkylation sites (N-methyl/N-ethyl adjacent to an activating group) is 1. The monoisotopic (exact) mass is 356 g/mol. The van der Waals surface area contributed by atoms with Crippen molar-refractivity contribution in [1.82, 2.24) is 9.34 Å². The Bertz CT molecular complexity index is 431. The Labute approximate surface area is 135 Å². The van der Waals surface area contributed by atoms with Crippen LogP contribution in [0.25, 0.3) is 0 Å². The van der Waals surface area contributed by atoms with Gasteiger partial charge in [-0.2, -0.15) is 0 Å². The van der Waals surface area contributed by atoms with E-state index in [1.807, 2.05) is 18.5 Å². The third kappa shape index (κ3) is 4.41. The van der Waals surface area contributed by atoms with Crippen LogP contribution in [0.2, 0.25) is 0 Å². The van der Waals surface area contributed by atoms with E-state index in [1.54, 1.807) is 13.8 Å². The van der Waals surface area contributed by atoms with E-state index in [-0.39, 0.29) is 0 Å². The van der Waals surface area contributed by atoms with Crippen molar-refractivity contribution >= 4 is 57.8 Å². The first-order chi connectivity index (χ1) is 9.29. The van der Waals surface area contributed by atoms with Gasteiger partial charge in [0.05, 0.1) is 12.1 Å². The maximum absolute atomic E-state index is 12.2. The van der Waals surface area contributed by atoms with Crippen molar-refractivity contribution in [2.45, 2.75) is 27.7 Å². The maximum Gasteiger partial charge on any atom is 0.397 e. The molecule has 0 aliphatic heterocycles. The highest BCUT2D eigenvalue weighted by Crippen LogP contribution is 2.64. The molecule has 0 aromatic heterocycles. The lowest BCUT2D eigenvalue weighted by Crippen LogP contribution is -2.40. The van der Waals surface area contributed by atoms with E-state index in [1.165, 1.54) is 23.2 Å². The normalized spacial score (nSPS) is 13.2. The van der Waals surface area contributed by atoms with E-state index < -0.39 is 17.4 Å². The number of amides is 1. The number of esters is 1. The molecule has 0 saturated carbocycles. The molecule has 0 N–H and O–H groups in total. The summed E-state index contributed by atoms with van der Waals surface area (Å²) in [6.45, 7) is 8.43. The van der Waals surface area contributed by atoms with E-state index in [2.05, 4.69) is 4.74 Å². The molecule has 1 amide bonds. The van der Waals surface area contributed by atoms with E-state index in [0.29, 0.717) is 18.1 Å². The number of carbonyl (C=O) groups excluding carboxylic acids is 2. The van der Waals surface area contributed by atoms with Crippen LogP contribution in [0.1, 0.15) is 27.7 Å². The zero-order valence-electron chi connectivity index (χ0n) is 12.4. The average Bonchev–Trinajstić information content (AvgIpc) is 2.38. The average molecular weight is 356 g/mol. The molecule has 0 spiro atoms. The predicted octanol–water partition coefficient (Wildman–Crippen LogP) is 2.65. The highest BCUT2D eigenvalue weighted by Gasteiger charge is 2.38. The first kappa shape index (κ1) is 19.8. The van der Waals surface area contributed by atoms with Crippen LogP contribution in [0.5, 0.6) is 0 Å². The van der Waals surface area contributed by atoms with Gasteiger partial charge in [-0.25, -0.2) is 4.79 Å². The SMILES string of the molecule is CCSP(=S)(N(CC)C(=O)C(=O)OC)N(CC)C(C)=S. The summed E-state index contributed by atoms with van der Waals surface area (Å²) >= 11 is 12.5. The molecule has 0 saturated heterocycles. The van der Waals surface area contributed by atoms with Gasteiger partial charge in [0.25, 0.3) is 0 Å². The minimum atomic E-state index is -2.49. The summed E-state index contributed by atoms with van der Waals surface area (Å²) < 4.78 is 7.83. The van der Waals surface area contributed by atoms with E-state index >= 15 is 0 Å². The number of methoxy groups -OCH3 is 1. The molecule has 0 aliphatic carbocycles. The molecule has 5 nitrogen and oxygen atoms in total. The van der Waals surface area contributed by atoms with Crippen LogP contribution in [-0.2, 0) is 26.1 Å². The first-order valence-electron chi connectivity index (χ1n) is 6.23. The summed E-state index contributed by atoms with van der Waals surface area (Å²) in [5, 5.41) is 0.